The van der Waals surface area contributed by atoms with Gasteiger partial charge in [-0.2, -0.15) is 0 Å². The van der Waals surface area contributed by atoms with Crippen LogP contribution in [0.3, 0.4) is 0 Å². The second-order valence-electron chi connectivity index (χ2n) is 17.9. The topological polar surface area (TPSA) is 151 Å². The van der Waals surface area contributed by atoms with Gasteiger partial charge in [-0.25, -0.2) is 4.79 Å². The lowest BCUT2D eigenvalue weighted by Crippen LogP contribution is -2.80. The molecular formula is C46H55BrN4O9. The Morgan fingerprint density at radius 2 is 1.83 bits per heavy atom. The molecule has 5 aliphatic heterocycles. The van der Waals surface area contributed by atoms with Crippen molar-refractivity contribution in [3.63, 3.8) is 0 Å². The van der Waals surface area contributed by atoms with E-state index in [0.29, 0.717) is 50.9 Å². The number of amides is 1. The Balaban J connectivity index is 1.36. The number of benzene rings is 1. The highest BCUT2D eigenvalue weighted by Crippen LogP contribution is 2.70. The lowest BCUT2D eigenvalue weighted by Gasteiger charge is -2.63. The third kappa shape index (κ3) is 5.42. The normalized spacial score (nSPS) is 37.8. The predicted octanol–water partition coefficient (Wildman–Crippen LogP) is 4.73. The van der Waals surface area contributed by atoms with Crippen molar-refractivity contribution in [1.29, 1.82) is 0 Å². The Hall–Kier alpha value is -4.08. The summed E-state index contributed by atoms with van der Waals surface area (Å²) in [6.07, 6.45) is 11.7. The zero-order valence-corrected chi connectivity index (χ0v) is 36.8. The van der Waals surface area contributed by atoms with Crippen molar-refractivity contribution in [2.24, 2.45) is 22.7 Å². The largest absolute Gasteiger partial charge is 0.468 e. The van der Waals surface area contributed by atoms with E-state index in [1.807, 2.05) is 37.3 Å². The Bertz CT molecular complexity index is 2280. The van der Waals surface area contributed by atoms with E-state index in [0.717, 1.165) is 58.3 Å². The van der Waals surface area contributed by atoms with E-state index in [2.05, 4.69) is 55.9 Å². The minimum atomic E-state index is -2.49. The molecule has 0 radical (unpaired) electrons. The van der Waals surface area contributed by atoms with E-state index in [4.69, 9.17) is 18.9 Å². The Morgan fingerprint density at radius 3 is 2.52 bits per heavy atom. The second-order valence-corrected chi connectivity index (χ2v) is 18.8. The zero-order chi connectivity index (χ0) is 42.5. The summed E-state index contributed by atoms with van der Waals surface area (Å²) in [6.45, 7) is 9.03. The van der Waals surface area contributed by atoms with Crippen LogP contribution in [0.4, 0.5) is 0 Å². The number of methoxy groups -OCH3 is 3. The van der Waals surface area contributed by atoms with Crippen LogP contribution in [-0.2, 0) is 50.0 Å². The Labute approximate surface area is 358 Å². The van der Waals surface area contributed by atoms with Crippen LogP contribution in [0.1, 0.15) is 57.7 Å². The number of carbonyl (C=O) groups excluding carboxylic acids is 4. The van der Waals surface area contributed by atoms with Crippen LogP contribution in [0.5, 0.6) is 0 Å². The number of H-pyrrole nitrogens is 1. The van der Waals surface area contributed by atoms with Gasteiger partial charge in [0.1, 0.15) is 5.41 Å². The van der Waals surface area contributed by atoms with E-state index in [-0.39, 0.29) is 5.92 Å². The molecule has 1 saturated carbocycles. The van der Waals surface area contributed by atoms with Gasteiger partial charge in [-0.05, 0) is 80.0 Å². The van der Waals surface area contributed by atoms with Crippen LogP contribution >= 0.6 is 15.9 Å². The highest BCUT2D eigenvalue weighted by Gasteiger charge is 2.82. The molecule has 1 aromatic carbocycles. The number of aliphatic hydroxyl groups is 1. The van der Waals surface area contributed by atoms with Gasteiger partial charge in [0.15, 0.2) is 6.10 Å². The van der Waals surface area contributed by atoms with E-state index in [1.165, 1.54) is 31.6 Å². The molecule has 7 aliphatic rings. The summed E-state index contributed by atoms with van der Waals surface area (Å²) < 4.78 is 24.9. The SMILES string of the molecule is CCC1=C[C@H]2CN(CCc3c([nH]c4ccc(Br)cc34)[C@@](C(=O)OC)(C3C=C4C(=CC3OC)N(C=O)[C@H]3[C@@](O)(C(=O)OC)[C@H](OC(C)=O)[C@]5(CC)C=CCN6CC[C@]43[C@@H]65)C2)C1. The Kier molecular flexibility index (Phi) is 10.2. The third-order valence-electron chi connectivity index (χ3n) is 15.4. The molecule has 3 fully saturated rings. The number of fused-ring (bicyclic) bond motifs is 6. The van der Waals surface area contributed by atoms with Crippen molar-refractivity contribution < 1.29 is 43.2 Å². The molecule has 1 aromatic heterocycles. The highest BCUT2D eigenvalue weighted by molar-refractivity contribution is 9.10. The molecule has 14 heteroatoms. The molecule has 9 rings (SSSR count). The van der Waals surface area contributed by atoms with E-state index in [1.54, 1.807) is 7.11 Å². The van der Waals surface area contributed by atoms with Crippen molar-refractivity contribution in [3.8, 4) is 0 Å². The number of likely N-dealkylation sites (tertiary alicyclic amines) is 1. The van der Waals surface area contributed by atoms with Gasteiger partial charge in [-0.1, -0.05) is 59.7 Å². The molecule has 2 bridgehead atoms. The summed E-state index contributed by atoms with van der Waals surface area (Å²) in [5, 5.41) is 14.3. The number of nitrogens with one attached hydrogen (secondary N) is 1. The zero-order valence-electron chi connectivity index (χ0n) is 35.2. The number of ether oxygens (including phenoxy) is 4. The van der Waals surface area contributed by atoms with Crippen LogP contribution < -0.4 is 0 Å². The number of allylic oxidation sites excluding steroid dienone is 1. The maximum Gasteiger partial charge on any atom is 0.344 e. The molecule has 1 spiro atoms. The minimum Gasteiger partial charge on any atom is -0.468 e. The number of aromatic amines is 1. The summed E-state index contributed by atoms with van der Waals surface area (Å²) >= 11 is 3.71. The maximum absolute atomic E-state index is 15.4. The number of esters is 3. The molecule has 6 heterocycles. The van der Waals surface area contributed by atoms with Crippen LogP contribution in [0.2, 0.25) is 0 Å². The minimum absolute atomic E-state index is 0.0130. The molecule has 11 atom stereocenters. The first-order chi connectivity index (χ1) is 28.8. The van der Waals surface area contributed by atoms with Crippen LogP contribution in [0.15, 0.2) is 69.9 Å². The number of rotatable bonds is 8. The first kappa shape index (κ1) is 41.3. The fourth-order valence-electron chi connectivity index (χ4n) is 13.4. The first-order valence-electron chi connectivity index (χ1n) is 21.2. The number of halogens is 1. The molecule has 3 unspecified atom stereocenters. The van der Waals surface area contributed by atoms with Crippen LogP contribution in [0.25, 0.3) is 10.9 Å². The molecule has 1 amide bonds. The lowest BCUT2D eigenvalue weighted by atomic mass is 9.47. The summed E-state index contributed by atoms with van der Waals surface area (Å²) in [6, 6.07) is 4.49. The smallest absolute Gasteiger partial charge is 0.344 e. The van der Waals surface area contributed by atoms with Gasteiger partial charge in [0, 0.05) is 89.8 Å². The molecule has 2 N–H and O–H groups in total. The number of carbonyl (C=O) groups is 4. The van der Waals surface area contributed by atoms with Gasteiger partial charge in [0.25, 0.3) is 0 Å². The van der Waals surface area contributed by atoms with Crippen molar-refractivity contribution >= 4 is 51.2 Å². The summed E-state index contributed by atoms with van der Waals surface area (Å²) in [5.41, 5.74) is -0.678. The summed E-state index contributed by atoms with van der Waals surface area (Å²) in [7, 11) is 4.24. The second kappa shape index (κ2) is 14.8. The van der Waals surface area contributed by atoms with Crippen molar-refractivity contribution in [2.75, 3.05) is 54.1 Å². The summed E-state index contributed by atoms with van der Waals surface area (Å²) in [4.78, 5) is 66.6. The van der Waals surface area contributed by atoms with E-state index in [9.17, 15) is 19.5 Å². The first-order valence-corrected chi connectivity index (χ1v) is 22.0. The standard InChI is InChI=1S/C46H55BrN4O9/c1-7-27-18-28-22-45(41(54)58-5,37-30(12-16-49(23-27)24-28)31-19-29(47)10-11-34(31)48-37)33-20-32-35(21-36(33)57-4)51(25-52)39-44(32)14-17-50-15-9-13-43(8-2,38(44)50)40(60-26(3)53)46(39,56)42(55)59-6/h9-11,13,18-21,25,28,33,36,38-40,48,56H,7-8,12,14-17,22-24H2,1-6H3/t28-,33?,36?,38+,39-,40-,43-,44-,45+,46+/m1/s1. The average Bonchev–Trinajstić information content (AvgIpc) is 3.92. The Morgan fingerprint density at radius 1 is 1.05 bits per heavy atom. The van der Waals surface area contributed by atoms with Crippen molar-refractivity contribution in [1.82, 2.24) is 19.7 Å². The summed E-state index contributed by atoms with van der Waals surface area (Å²) in [5.74, 6) is -2.76. The highest BCUT2D eigenvalue weighted by atomic mass is 79.9. The fraction of sp³-hybridized carbons (Fsp3) is 0.565. The molecule has 2 aliphatic carbocycles. The van der Waals surface area contributed by atoms with Gasteiger partial charge in [0.05, 0.1) is 26.4 Å². The number of nitrogens with zero attached hydrogens (tertiary/aromatic N) is 3. The fourth-order valence-corrected chi connectivity index (χ4v) is 13.7. The van der Waals surface area contributed by atoms with Gasteiger partial charge in [-0.15, -0.1) is 0 Å². The molecule has 13 nitrogen and oxygen atoms in total. The lowest BCUT2D eigenvalue weighted by molar-refractivity contribution is -0.242. The van der Waals surface area contributed by atoms with Gasteiger partial charge >= 0.3 is 17.9 Å². The average molecular weight is 888 g/mol. The van der Waals surface area contributed by atoms with E-state index < -0.39 is 70.0 Å². The van der Waals surface area contributed by atoms with Crippen molar-refractivity contribution in [2.45, 2.75) is 88.2 Å². The molecular weight excluding hydrogens is 832 g/mol. The number of hydrogen-bond acceptors (Lipinski definition) is 11. The molecule has 320 valence electrons. The van der Waals surface area contributed by atoms with Gasteiger partial charge in [0.2, 0.25) is 12.0 Å². The van der Waals surface area contributed by atoms with Crippen molar-refractivity contribution in [3.05, 3.63) is 81.2 Å². The maximum atomic E-state index is 15.4. The van der Waals surface area contributed by atoms with Crippen LogP contribution in [0, 0.1) is 22.7 Å². The van der Waals surface area contributed by atoms with Gasteiger partial charge in [-0.3, -0.25) is 24.2 Å². The van der Waals surface area contributed by atoms with Gasteiger partial charge < -0.3 is 33.9 Å². The quantitative estimate of drug-likeness (QED) is 0.164. The third-order valence-corrected chi connectivity index (χ3v) is 15.9. The molecule has 2 saturated heterocycles. The van der Waals surface area contributed by atoms with Crippen LogP contribution in [-0.4, -0.2) is 133 Å². The predicted molar refractivity (Wildman–Crippen MR) is 225 cm³/mol. The number of hydrogen-bond donors (Lipinski definition) is 2. The molecule has 60 heavy (non-hydrogen) atoms. The van der Waals surface area contributed by atoms with E-state index >= 15 is 4.79 Å². The number of aromatic nitrogens is 1. The molecule has 2 aromatic rings. The monoisotopic (exact) mass is 886 g/mol.